The molecule has 8 nitrogen and oxygen atoms in total. The van der Waals surface area contributed by atoms with Crippen LogP contribution < -0.4 is 0 Å². The van der Waals surface area contributed by atoms with E-state index < -0.39 is 11.8 Å². The number of benzene rings is 2. The molecule has 0 aliphatic carbocycles. The highest BCUT2D eigenvalue weighted by Gasteiger charge is 2.38. The molecule has 0 radical (unpaired) electrons. The molecule has 2 aromatic rings. The number of rotatable bonds is 8. The highest BCUT2D eigenvalue weighted by Crippen LogP contribution is 2.19. The van der Waals surface area contributed by atoms with Crippen molar-refractivity contribution < 1.29 is 23.6 Å². The molecule has 240 valence electrons. The lowest BCUT2D eigenvalue weighted by molar-refractivity contribution is -0.135. The predicted octanol–water partition coefficient (Wildman–Crippen LogP) is 5.69. The van der Waals surface area contributed by atoms with Crippen LogP contribution in [0.2, 0.25) is 0 Å². The van der Waals surface area contributed by atoms with E-state index in [2.05, 4.69) is 0 Å². The Balaban J connectivity index is 0.000000250. The van der Waals surface area contributed by atoms with Crippen LogP contribution in [0.5, 0.6) is 0 Å². The summed E-state index contributed by atoms with van der Waals surface area (Å²) < 4.78 is 12.9. The zero-order valence-corrected chi connectivity index (χ0v) is 28.2. The van der Waals surface area contributed by atoms with Crippen LogP contribution in [0.3, 0.4) is 0 Å². The number of hydrogen-bond donors (Lipinski definition) is 0. The van der Waals surface area contributed by atoms with Gasteiger partial charge in [-0.1, -0.05) is 66.3 Å². The molecule has 0 N–H and O–H groups in total. The molecule has 0 saturated carbocycles. The molecule has 2 fully saturated rings. The summed E-state index contributed by atoms with van der Waals surface area (Å²) in [5, 5.41) is 0.523. The van der Waals surface area contributed by atoms with Gasteiger partial charge in [0.2, 0.25) is 0 Å². The van der Waals surface area contributed by atoms with Gasteiger partial charge in [0.15, 0.2) is 10.2 Å². The SMILES string of the molecule is CCN1C(=O)C(=C/C=C/c2ccc(C)cc2)C(=O)N(CC)C1=S.CCN1C(=O)C(=C/C=C/c2ccc(F)cc2)C(=O)N(CC)C1=S. The molecule has 2 aliphatic rings. The molecule has 2 saturated heterocycles. The number of halogens is 1. The van der Waals surface area contributed by atoms with Gasteiger partial charge in [0.1, 0.15) is 17.0 Å². The maximum atomic E-state index is 12.9. The maximum Gasteiger partial charge on any atom is 0.265 e. The minimum Gasteiger partial charge on any atom is -0.285 e. The number of carbonyl (C=O) groups excluding carboxylic acids is 4. The first-order valence-electron chi connectivity index (χ1n) is 14.9. The topological polar surface area (TPSA) is 81.2 Å². The number of allylic oxidation sites excluding steroid dienone is 4. The summed E-state index contributed by atoms with van der Waals surface area (Å²) in [6.07, 6.45) is 9.94. The summed E-state index contributed by atoms with van der Waals surface area (Å²) in [6.45, 7) is 11.0. The maximum absolute atomic E-state index is 12.9. The van der Waals surface area contributed by atoms with E-state index in [9.17, 15) is 23.6 Å². The second-order valence-corrected chi connectivity index (χ2v) is 10.8. The normalized spacial score (nSPS) is 15.8. The lowest BCUT2D eigenvalue weighted by Crippen LogP contribution is -2.55. The van der Waals surface area contributed by atoms with Crippen LogP contribution in [0.1, 0.15) is 44.4 Å². The van der Waals surface area contributed by atoms with Gasteiger partial charge in [-0.15, -0.1) is 0 Å². The Morgan fingerprint density at radius 1 is 0.565 bits per heavy atom. The number of amides is 4. The smallest absolute Gasteiger partial charge is 0.265 e. The van der Waals surface area contributed by atoms with E-state index in [1.165, 1.54) is 43.4 Å². The van der Waals surface area contributed by atoms with Gasteiger partial charge in [0.25, 0.3) is 23.6 Å². The standard InChI is InChI=1S/C18H20N2O2S.C17H17FN2O2S/c1-4-19-16(21)15(17(22)20(5-2)18(19)23)8-6-7-14-11-9-13(3)10-12-14;1-3-19-15(21)14(16(22)20(4-2)17(19)23)7-5-6-12-8-10-13(18)11-9-12/h6-12H,4-5H2,1-3H3;5-11H,3-4H2,1-2H3/b7-6+;6-5+. The van der Waals surface area contributed by atoms with Gasteiger partial charge in [-0.3, -0.25) is 38.8 Å². The molecule has 2 heterocycles. The molecule has 46 heavy (non-hydrogen) atoms. The molecule has 0 aromatic heterocycles. The van der Waals surface area contributed by atoms with Crippen LogP contribution >= 0.6 is 24.4 Å². The van der Waals surface area contributed by atoms with E-state index in [0.29, 0.717) is 26.2 Å². The second-order valence-electron chi connectivity index (χ2n) is 10.1. The van der Waals surface area contributed by atoms with Crippen LogP contribution in [0.25, 0.3) is 12.2 Å². The zero-order chi connectivity index (χ0) is 34.0. The van der Waals surface area contributed by atoms with Crippen LogP contribution in [0.15, 0.2) is 84.0 Å². The third kappa shape index (κ3) is 8.35. The Morgan fingerprint density at radius 3 is 1.17 bits per heavy atom. The molecule has 4 amide bonds. The molecule has 0 bridgehead atoms. The molecule has 11 heteroatoms. The average molecular weight is 661 g/mol. The Morgan fingerprint density at radius 2 is 0.870 bits per heavy atom. The number of aryl methyl sites for hydroxylation is 1. The largest absolute Gasteiger partial charge is 0.285 e. The molecular weight excluding hydrogens is 624 g/mol. The lowest BCUT2D eigenvalue weighted by atomic mass is 10.1. The van der Waals surface area contributed by atoms with Gasteiger partial charge >= 0.3 is 0 Å². The van der Waals surface area contributed by atoms with Crippen molar-refractivity contribution in [3.05, 3.63) is 106 Å². The molecule has 0 unspecified atom stereocenters. The van der Waals surface area contributed by atoms with Crippen LogP contribution in [0, 0.1) is 12.7 Å². The van der Waals surface area contributed by atoms with Gasteiger partial charge in [0.05, 0.1) is 0 Å². The fraction of sp³-hybridized carbons (Fsp3) is 0.257. The first-order valence-corrected chi connectivity index (χ1v) is 15.7. The summed E-state index contributed by atoms with van der Waals surface area (Å²) in [7, 11) is 0. The van der Waals surface area contributed by atoms with Crippen molar-refractivity contribution in [2.24, 2.45) is 0 Å². The number of hydrogen-bond acceptors (Lipinski definition) is 6. The van der Waals surface area contributed by atoms with Crippen LogP contribution in [-0.2, 0) is 19.2 Å². The highest BCUT2D eigenvalue weighted by atomic mass is 32.1. The van der Waals surface area contributed by atoms with Crippen molar-refractivity contribution in [2.45, 2.75) is 34.6 Å². The summed E-state index contributed by atoms with van der Waals surface area (Å²) in [6, 6.07) is 13.9. The predicted molar refractivity (Wildman–Crippen MR) is 187 cm³/mol. The fourth-order valence-electron chi connectivity index (χ4n) is 4.57. The van der Waals surface area contributed by atoms with Crippen molar-refractivity contribution in [3.63, 3.8) is 0 Å². The number of thiocarbonyl (C=S) groups is 2. The molecule has 2 aliphatic heterocycles. The molecule has 0 spiro atoms. The van der Waals surface area contributed by atoms with Crippen molar-refractivity contribution in [1.29, 1.82) is 0 Å². The van der Waals surface area contributed by atoms with Gasteiger partial charge < -0.3 is 0 Å². The minimum atomic E-state index is -0.393. The highest BCUT2D eigenvalue weighted by molar-refractivity contribution is 7.80. The van der Waals surface area contributed by atoms with Gasteiger partial charge in [-0.05, 0) is 94.5 Å². The molecule has 0 atom stereocenters. The molecular formula is C35H37FN4O4S2. The lowest BCUT2D eigenvalue weighted by Gasteiger charge is -2.35. The summed E-state index contributed by atoms with van der Waals surface area (Å²) >= 11 is 10.4. The molecule has 4 rings (SSSR count). The Kier molecular flexibility index (Phi) is 13.0. The number of carbonyl (C=O) groups is 4. The monoisotopic (exact) mass is 660 g/mol. The third-order valence-corrected chi connectivity index (χ3v) is 8.02. The van der Waals surface area contributed by atoms with E-state index in [1.807, 2.05) is 51.1 Å². The van der Waals surface area contributed by atoms with Crippen LogP contribution in [-0.4, -0.2) is 79.6 Å². The zero-order valence-electron chi connectivity index (χ0n) is 26.5. The van der Waals surface area contributed by atoms with Crippen molar-refractivity contribution in [1.82, 2.24) is 19.6 Å². The first-order chi connectivity index (χ1) is 22.0. The number of nitrogens with zero attached hydrogens (tertiary/aromatic N) is 4. The summed E-state index contributed by atoms with van der Waals surface area (Å²) in [4.78, 5) is 55.3. The van der Waals surface area contributed by atoms with E-state index >= 15 is 0 Å². The Hall–Kier alpha value is -4.61. The second kappa shape index (κ2) is 16.6. The first kappa shape index (κ1) is 35.9. The van der Waals surface area contributed by atoms with E-state index in [1.54, 1.807) is 50.3 Å². The van der Waals surface area contributed by atoms with Gasteiger partial charge in [-0.25, -0.2) is 4.39 Å². The number of likely N-dealkylation sites (N-methyl/N-ethyl adjacent to an activating group) is 4. The molecule has 2 aromatic carbocycles. The third-order valence-electron chi connectivity index (χ3n) is 7.14. The summed E-state index contributed by atoms with van der Waals surface area (Å²) in [5.41, 5.74) is 3.18. The van der Waals surface area contributed by atoms with E-state index in [4.69, 9.17) is 24.4 Å². The summed E-state index contributed by atoms with van der Waals surface area (Å²) in [5.74, 6) is -1.77. The fourth-order valence-corrected chi connectivity index (χ4v) is 5.41. The Labute approximate surface area is 280 Å². The van der Waals surface area contributed by atoms with Crippen molar-refractivity contribution in [2.75, 3.05) is 26.2 Å². The van der Waals surface area contributed by atoms with E-state index in [-0.39, 0.29) is 39.0 Å². The van der Waals surface area contributed by atoms with Gasteiger partial charge in [-0.2, -0.15) is 0 Å². The van der Waals surface area contributed by atoms with E-state index in [0.717, 1.165) is 11.1 Å². The van der Waals surface area contributed by atoms with Gasteiger partial charge in [0, 0.05) is 26.2 Å². The van der Waals surface area contributed by atoms with Crippen molar-refractivity contribution >= 4 is 70.4 Å². The van der Waals surface area contributed by atoms with Crippen molar-refractivity contribution in [3.8, 4) is 0 Å². The Bertz CT molecular complexity index is 1450. The average Bonchev–Trinajstić information content (AvgIpc) is 3.03. The quantitative estimate of drug-likeness (QED) is 0.206. The minimum absolute atomic E-state index is 0.0701. The van der Waals surface area contributed by atoms with Crippen LogP contribution in [0.4, 0.5) is 4.39 Å².